The van der Waals surface area contributed by atoms with Crippen molar-refractivity contribution in [3.05, 3.63) is 30.1 Å². The van der Waals surface area contributed by atoms with E-state index in [2.05, 4.69) is 5.32 Å². The Labute approximate surface area is 148 Å². The number of nitrogens with one attached hydrogen (secondary N) is 1. The van der Waals surface area contributed by atoms with Gasteiger partial charge in [-0.2, -0.15) is 4.31 Å². The van der Waals surface area contributed by atoms with E-state index in [1.807, 2.05) is 0 Å². The molecule has 1 aromatic rings. The zero-order valence-electron chi connectivity index (χ0n) is 14.3. The van der Waals surface area contributed by atoms with Crippen molar-refractivity contribution >= 4 is 15.9 Å². The molecule has 1 heterocycles. The molecule has 7 heteroatoms. The molecule has 1 aromatic carbocycles. The summed E-state index contributed by atoms with van der Waals surface area (Å²) >= 11 is 0. The molecule has 1 saturated heterocycles. The third kappa shape index (κ3) is 4.20. The van der Waals surface area contributed by atoms with Gasteiger partial charge in [-0.1, -0.05) is 25.7 Å². The Bertz CT molecular complexity index is 698. The Balaban J connectivity index is 1.72. The van der Waals surface area contributed by atoms with E-state index in [1.165, 1.54) is 29.3 Å². The highest BCUT2D eigenvalue weighted by Gasteiger charge is 2.39. The third-order valence-corrected chi connectivity index (χ3v) is 7.05. The first kappa shape index (κ1) is 18.3. The minimum absolute atomic E-state index is 0.0306. The van der Waals surface area contributed by atoms with Gasteiger partial charge in [0, 0.05) is 12.6 Å². The SMILES string of the molecule is O=C(NC1CCCCCC1)C1CCCN1S(=O)(=O)c1ccc(F)cc1. The molecule has 1 saturated carbocycles. The highest BCUT2D eigenvalue weighted by atomic mass is 32.2. The lowest BCUT2D eigenvalue weighted by Gasteiger charge is -2.25. The van der Waals surface area contributed by atoms with Crippen molar-refractivity contribution in [2.24, 2.45) is 0 Å². The fourth-order valence-electron chi connectivity index (χ4n) is 3.75. The number of carbonyl (C=O) groups excluding carboxylic acids is 1. The van der Waals surface area contributed by atoms with Crippen LogP contribution in [0.15, 0.2) is 29.2 Å². The monoisotopic (exact) mass is 368 g/mol. The van der Waals surface area contributed by atoms with Gasteiger partial charge >= 0.3 is 0 Å². The molecular formula is C18H25FN2O3S. The number of benzene rings is 1. The summed E-state index contributed by atoms with van der Waals surface area (Å²) in [6.07, 6.45) is 7.71. The molecule has 0 radical (unpaired) electrons. The van der Waals surface area contributed by atoms with Crippen molar-refractivity contribution in [1.29, 1.82) is 0 Å². The Morgan fingerprint density at radius 3 is 2.28 bits per heavy atom. The van der Waals surface area contributed by atoms with Crippen LogP contribution < -0.4 is 5.32 Å². The van der Waals surface area contributed by atoms with Crippen LogP contribution in [0.5, 0.6) is 0 Å². The van der Waals surface area contributed by atoms with Crippen LogP contribution in [0.4, 0.5) is 4.39 Å². The van der Waals surface area contributed by atoms with Gasteiger partial charge in [-0.25, -0.2) is 12.8 Å². The summed E-state index contributed by atoms with van der Waals surface area (Å²) in [4.78, 5) is 12.7. The van der Waals surface area contributed by atoms with Crippen LogP contribution in [-0.2, 0) is 14.8 Å². The lowest BCUT2D eigenvalue weighted by Crippen LogP contribution is -2.48. The average molecular weight is 368 g/mol. The smallest absolute Gasteiger partial charge is 0.243 e. The molecule has 1 aliphatic heterocycles. The number of halogens is 1. The fourth-order valence-corrected chi connectivity index (χ4v) is 5.41. The van der Waals surface area contributed by atoms with Crippen LogP contribution in [0.2, 0.25) is 0 Å². The van der Waals surface area contributed by atoms with E-state index < -0.39 is 21.9 Å². The molecule has 25 heavy (non-hydrogen) atoms. The molecule has 5 nitrogen and oxygen atoms in total. The van der Waals surface area contributed by atoms with Crippen LogP contribution >= 0.6 is 0 Å². The number of amides is 1. The molecule has 1 atom stereocenters. The van der Waals surface area contributed by atoms with E-state index >= 15 is 0 Å². The van der Waals surface area contributed by atoms with Gasteiger partial charge in [0.25, 0.3) is 0 Å². The molecule has 1 amide bonds. The van der Waals surface area contributed by atoms with E-state index in [4.69, 9.17) is 0 Å². The van der Waals surface area contributed by atoms with E-state index in [1.54, 1.807) is 0 Å². The summed E-state index contributed by atoms with van der Waals surface area (Å²) in [5, 5.41) is 3.06. The second kappa shape index (κ2) is 7.83. The van der Waals surface area contributed by atoms with Gasteiger partial charge in [0.1, 0.15) is 11.9 Å². The van der Waals surface area contributed by atoms with Gasteiger partial charge in [0.15, 0.2) is 0 Å². The summed E-state index contributed by atoms with van der Waals surface area (Å²) in [6.45, 7) is 0.322. The topological polar surface area (TPSA) is 66.5 Å². The number of sulfonamides is 1. The normalized spacial score (nSPS) is 23.3. The largest absolute Gasteiger partial charge is 0.352 e. The van der Waals surface area contributed by atoms with Crippen molar-refractivity contribution in [1.82, 2.24) is 9.62 Å². The van der Waals surface area contributed by atoms with Gasteiger partial charge in [-0.15, -0.1) is 0 Å². The Kier molecular flexibility index (Phi) is 5.74. The van der Waals surface area contributed by atoms with Gasteiger partial charge in [0.05, 0.1) is 4.90 Å². The summed E-state index contributed by atoms with van der Waals surface area (Å²) in [5.41, 5.74) is 0. The standard InChI is InChI=1S/C18H25FN2O3S/c19-14-9-11-16(12-10-14)25(23,24)21-13-5-8-17(21)18(22)20-15-6-3-1-2-4-7-15/h9-12,15,17H,1-8,13H2,(H,20,22). The van der Waals surface area contributed by atoms with Crippen molar-refractivity contribution in [2.45, 2.75) is 68.3 Å². The van der Waals surface area contributed by atoms with Gasteiger partial charge in [-0.3, -0.25) is 4.79 Å². The first-order chi connectivity index (χ1) is 12.0. The van der Waals surface area contributed by atoms with Crippen LogP contribution in [0.1, 0.15) is 51.4 Å². The molecule has 0 spiro atoms. The van der Waals surface area contributed by atoms with E-state index in [-0.39, 0.29) is 16.8 Å². The maximum Gasteiger partial charge on any atom is 0.243 e. The lowest BCUT2D eigenvalue weighted by atomic mass is 10.1. The molecule has 1 unspecified atom stereocenters. The minimum atomic E-state index is -3.79. The quantitative estimate of drug-likeness (QED) is 0.831. The van der Waals surface area contributed by atoms with E-state index in [9.17, 15) is 17.6 Å². The van der Waals surface area contributed by atoms with Crippen LogP contribution in [0.3, 0.4) is 0 Å². The summed E-state index contributed by atoms with van der Waals surface area (Å²) in [6, 6.07) is 4.24. The maximum atomic E-state index is 13.1. The fraction of sp³-hybridized carbons (Fsp3) is 0.611. The number of carbonyl (C=O) groups is 1. The van der Waals surface area contributed by atoms with Crippen LogP contribution in [0.25, 0.3) is 0 Å². The third-order valence-electron chi connectivity index (χ3n) is 5.13. The van der Waals surface area contributed by atoms with E-state index in [0.717, 1.165) is 37.8 Å². The van der Waals surface area contributed by atoms with Gasteiger partial charge in [-0.05, 0) is 49.9 Å². The molecule has 1 N–H and O–H groups in total. The highest BCUT2D eigenvalue weighted by molar-refractivity contribution is 7.89. The van der Waals surface area contributed by atoms with Gasteiger partial charge in [0.2, 0.25) is 15.9 Å². The van der Waals surface area contributed by atoms with Crippen LogP contribution in [-0.4, -0.2) is 37.3 Å². The van der Waals surface area contributed by atoms with Crippen molar-refractivity contribution < 1.29 is 17.6 Å². The van der Waals surface area contributed by atoms with Crippen molar-refractivity contribution in [2.75, 3.05) is 6.54 Å². The summed E-state index contributed by atoms with van der Waals surface area (Å²) in [7, 11) is -3.79. The number of rotatable bonds is 4. The Hall–Kier alpha value is -1.47. The number of nitrogens with zero attached hydrogens (tertiary/aromatic N) is 1. The molecule has 0 aromatic heterocycles. The Morgan fingerprint density at radius 2 is 1.64 bits per heavy atom. The molecule has 138 valence electrons. The lowest BCUT2D eigenvalue weighted by molar-refractivity contribution is -0.125. The predicted molar refractivity (Wildman–Crippen MR) is 92.9 cm³/mol. The van der Waals surface area contributed by atoms with E-state index in [0.29, 0.717) is 19.4 Å². The maximum absolute atomic E-state index is 13.1. The number of hydrogen-bond acceptors (Lipinski definition) is 3. The molecule has 2 aliphatic rings. The van der Waals surface area contributed by atoms with Crippen LogP contribution in [0, 0.1) is 5.82 Å². The van der Waals surface area contributed by atoms with Crippen molar-refractivity contribution in [3.8, 4) is 0 Å². The molecule has 2 fully saturated rings. The second-order valence-electron chi connectivity index (χ2n) is 6.92. The highest BCUT2D eigenvalue weighted by Crippen LogP contribution is 2.27. The van der Waals surface area contributed by atoms with Crippen molar-refractivity contribution in [3.63, 3.8) is 0 Å². The second-order valence-corrected chi connectivity index (χ2v) is 8.82. The zero-order chi connectivity index (χ0) is 17.9. The number of hydrogen-bond donors (Lipinski definition) is 1. The molecular weight excluding hydrogens is 343 g/mol. The molecule has 3 rings (SSSR count). The molecule has 0 bridgehead atoms. The first-order valence-corrected chi connectivity index (χ1v) is 10.5. The molecule has 1 aliphatic carbocycles. The summed E-state index contributed by atoms with van der Waals surface area (Å²) in [5.74, 6) is -0.682. The minimum Gasteiger partial charge on any atom is -0.352 e. The average Bonchev–Trinajstić information content (AvgIpc) is 2.96. The zero-order valence-corrected chi connectivity index (χ0v) is 15.1. The first-order valence-electron chi connectivity index (χ1n) is 9.06. The van der Waals surface area contributed by atoms with Gasteiger partial charge < -0.3 is 5.32 Å². The summed E-state index contributed by atoms with van der Waals surface area (Å²) < 4.78 is 40.0. The Morgan fingerprint density at radius 1 is 1.00 bits per heavy atom. The predicted octanol–water partition coefficient (Wildman–Crippen LogP) is 2.82.